The second-order valence-corrected chi connectivity index (χ2v) is 7.87. The first kappa shape index (κ1) is 20.6. The molecule has 0 radical (unpaired) electrons. The number of benzene rings is 3. The van der Waals surface area contributed by atoms with E-state index >= 15 is 4.39 Å². The van der Waals surface area contributed by atoms with Gasteiger partial charge in [0.1, 0.15) is 11.6 Å². The highest BCUT2D eigenvalue weighted by Gasteiger charge is 2.27. The van der Waals surface area contributed by atoms with Crippen molar-refractivity contribution in [2.24, 2.45) is 0 Å². The number of hydrogen-bond donors (Lipinski definition) is 0. The minimum atomic E-state index is -1.66. The minimum absolute atomic E-state index is 0.151. The van der Waals surface area contributed by atoms with E-state index in [0.717, 1.165) is 18.4 Å². The zero-order valence-electron chi connectivity index (χ0n) is 16.5. The van der Waals surface area contributed by atoms with Gasteiger partial charge in [-0.3, -0.25) is 0 Å². The monoisotopic (exact) mass is 416 g/mol. The van der Waals surface area contributed by atoms with E-state index in [9.17, 15) is 17.6 Å². The molecule has 4 rings (SSSR count). The lowest BCUT2D eigenvalue weighted by Crippen LogP contribution is -2.16. The SMILES string of the molecule is CCCc1ccc(C2CCc3c(cc(F)c(-c4cc(F)c(F)c(F)c4)c3F)C2)cc1. The van der Waals surface area contributed by atoms with E-state index in [2.05, 4.69) is 31.2 Å². The van der Waals surface area contributed by atoms with E-state index in [-0.39, 0.29) is 11.5 Å². The first-order valence-corrected chi connectivity index (χ1v) is 10.1. The van der Waals surface area contributed by atoms with Crippen LogP contribution in [-0.4, -0.2) is 0 Å². The maximum atomic E-state index is 15.2. The van der Waals surface area contributed by atoms with Crippen molar-refractivity contribution in [3.8, 4) is 11.1 Å². The van der Waals surface area contributed by atoms with Crippen LogP contribution in [0.4, 0.5) is 22.0 Å². The van der Waals surface area contributed by atoms with Gasteiger partial charge in [-0.05, 0) is 77.6 Å². The molecular weight excluding hydrogens is 395 g/mol. The van der Waals surface area contributed by atoms with Gasteiger partial charge in [-0.25, -0.2) is 22.0 Å². The Labute approximate surface area is 172 Å². The van der Waals surface area contributed by atoms with Gasteiger partial charge in [0.15, 0.2) is 17.5 Å². The van der Waals surface area contributed by atoms with Crippen LogP contribution in [0.1, 0.15) is 47.9 Å². The Morgan fingerprint density at radius 3 is 2.13 bits per heavy atom. The predicted octanol–water partition coefficient (Wildman–Crippen LogP) is 7.27. The summed E-state index contributed by atoms with van der Waals surface area (Å²) < 4.78 is 70.3. The molecule has 1 aliphatic rings. The lowest BCUT2D eigenvalue weighted by atomic mass is 9.78. The van der Waals surface area contributed by atoms with Crippen molar-refractivity contribution in [2.45, 2.75) is 44.9 Å². The van der Waals surface area contributed by atoms with Crippen molar-refractivity contribution in [3.63, 3.8) is 0 Å². The van der Waals surface area contributed by atoms with E-state index in [1.165, 1.54) is 11.6 Å². The first-order chi connectivity index (χ1) is 14.4. The molecule has 0 spiro atoms. The molecule has 0 N–H and O–H groups in total. The van der Waals surface area contributed by atoms with Gasteiger partial charge in [0.2, 0.25) is 0 Å². The Hall–Kier alpha value is -2.69. The average molecular weight is 416 g/mol. The molecule has 30 heavy (non-hydrogen) atoms. The second-order valence-electron chi connectivity index (χ2n) is 7.87. The van der Waals surface area contributed by atoms with Gasteiger partial charge in [0.25, 0.3) is 0 Å². The molecule has 156 valence electrons. The second kappa shape index (κ2) is 8.21. The number of fused-ring (bicyclic) bond motifs is 1. The minimum Gasteiger partial charge on any atom is -0.206 e. The summed E-state index contributed by atoms with van der Waals surface area (Å²) in [5.41, 5.74) is 2.44. The summed E-state index contributed by atoms with van der Waals surface area (Å²) in [6, 6.07) is 10.8. The first-order valence-electron chi connectivity index (χ1n) is 10.1. The van der Waals surface area contributed by atoms with Crippen LogP contribution in [0.5, 0.6) is 0 Å². The van der Waals surface area contributed by atoms with Gasteiger partial charge in [-0.15, -0.1) is 0 Å². The smallest absolute Gasteiger partial charge is 0.194 e. The van der Waals surface area contributed by atoms with Gasteiger partial charge in [-0.1, -0.05) is 37.6 Å². The van der Waals surface area contributed by atoms with Crippen LogP contribution in [-0.2, 0) is 19.3 Å². The molecule has 1 atom stereocenters. The summed E-state index contributed by atoms with van der Waals surface area (Å²) in [6.07, 6.45) is 3.65. The van der Waals surface area contributed by atoms with Gasteiger partial charge >= 0.3 is 0 Å². The topological polar surface area (TPSA) is 0 Å². The molecule has 3 aromatic rings. The van der Waals surface area contributed by atoms with Gasteiger partial charge in [0, 0.05) is 0 Å². The molecule has 0 saturated carbocycles. The molecule has 0 saturated heterocycles. The molecule has 5 heteroatoms. The summed E-state index contributed by atoms with van der Waals surface area (Å²) in [5.74, 6) is -6.20. The average Bonchev–Trinajstić information content (AvgIpc) is 2.72. The van der Waals surface area contributed by atoms with Crippen LogP contribution in [0.3, 0.4) is 0 Å². The molecule has 1 aliphatic carbocycles. The lowest BCUT2D eigenvalue weighted by Gasteiger charge is -2.26. The van der Waals surface area contributed by atoms with E-state index in [1.54, 1.807) is 0 Å². The van der Waals surface area contributed by atoms with Crippen LogP contribution in [0.15, 0.2) is 42.5 Å². The summed E-state index contributed by atoms with van der Waals surface area (Å²) in [5, 5.41) is 0. The van der Waals surface area contributed by atoms with E-state index in [0.29, 0.717) is 42.5 Å². The van der Waals surface area contributed by atoms with E-state index in [4.69, 9.17) is 0 Å². The Kier molecular flexibility index (Phi) is 5.63. The van der Waals surface area contributed by atoms with Crippen molar-refractivity contribution in [1.82, 2.24) is 0 Å². The molecule has 0 fully saturated rings. The molecule has 0 aromatic heterocycles. The highest BCUT2D eigenvalue weighted by atomic mass is 19.2. The standard InChI is InChI=1S/C25H21F5/c1-2-3-14-4-6-15(7-5-14)16-8-9-19-17(10-16)11-20(26)23(24(19)29)18-12-21(27)25(30)22(28)13-18/h4-7,11-13,16H,2-3,8-10H2,1H3. The lowest BCUT2D eigenvalue weighted by molar-refractivity contribution is 0.447. The molecule has 0 amide bonds. The summed E-state index contributed by atoms with van der Waals surface area (Å²) >= 11 is 0. The molecule has 0 heterocycles. The van der Waals surface area contributed by atoms with Crippen LogP contribution in [0.2, 0.25) is 0 Å². The summed E-state index contributed by atoms with van der Waals surface area (Å²) in [4.78, 5) is 0. The number of aryl methyl sites for hydroxylation is 1. The summed E-state index contributed by atoms with van der Waals surface area (Å²) in [6.45, 7) is 2.12. The van der Waals surface area contributed by atoms with Crippen molar-refractivity contribution in [2.75, 3.05) is 0 Å². The zero-order valence-corrected chi connectivity index (χ0v) is 16.5. The Morgan fingerprint density at radius 2 is 1.50 bits per heavy atom. The van der Waals surface area contributed by atoms with E-state index < -0.39 is 34.6 Å². The third-order valence-corrected chi connectivity index (χ3v) is 5.88. The van der Waals surface area contributed by atoms with Gasteiger partial charge in [0.05, 0.1) is 5.56 Å². The molecule has 0 bridgehead atoms. The molecular formula is C25H21F5. The van der Waals surface area contributed by atoms with Crippen molar-refractivity contribution in [1.29, 1.82) is 0 Å². The van der Waals surface area contributed by atoms with Gasteiger partial charge in [-0.2, -0.15) is 0 Å². The fourth-order valence-electron chi connectivity index (χ4n) is 4.34. The van der Waals surface area contributed by atoms with Crippen molar-refractivity contribution >= 4 is 0 Å². The normalized spacial score (nSPS) is 15.9. The predicted molar refractivity (Wildman–Crippen MR) is 107 cm³/mol. The fourth-order valence-corrected chi connectivity index (χ4v) is 4.34. The quantitative estimate of drug-likeness (QED) is 0.310. The zero-order chi connectivity index (χ0) is 21.4. The van der Waals surface area contributed by atoms with Crippen LogP contribution in [0, 0.1) is 29.1 Å². The number of hydrogen-bond acceptors (Lipinski definition) is 0. The molecule has 0 nitrogen and oxygen atoms in total. The number of halogens is 5. The van der Waals surface area contributed by atoms with Crippen LogP contribution < -0.4 is 0 Å². The maximum absolute atomic E-state index is 15.2. The Morgan fingerprint density at radius 1 is 0.833 bits per heavy atom. The fraction of sp³-hybridized carbons (Fsp3) is 0.280. The summed E-state index contributed by atoms with van der Waals surface area (Å²) in [7, 11) is 0. The Balaban J connectivity index is 1.67. The van der Waals surface area contributed by atoms with Crippen LogP contribution in [0.25, 0.3) is 11.1 Å². The molecule has 0 aliphatic heterocycles. The third kappa shape index (κ3) is 3.73. The molecule has 1 unspecified atom stereocenters. The Bertz CT molecular complexity index is 1060. The van der Waals surface area contributed by atoms with Crippen molar-refractivity contribution < 1.29 is 22.0 Å². The van der Waals surface area contributed by atoms with Crippen molar-refractivity contribution in [3.05, 3.63) is 93.8 Å². The van der Waals surface area contributed by atoms with E-state index in [1.807, 2.05) is 0 Å². The number of rotatable bonds is 4. The maximum Gasteiger partial charge on any atom is 0.194 e. The van der Waals surface area contributed by atoms with Crippen LogP contribution >= 0.6 is 0 Å². The largest absolute Gasteiger partial charge is 0.206 e. The highest BCUT2D eigenvalue weighted by Crippen LogP contribution is 2.39. The van der Waals surface area contributed by atoms with Gasteiger partial charge < -0.3 is 0 Å². The highest BCUT2D eigenvalue weighted by molar-refractivity contribution is 5.67. The third-order valence-electron chi connectivity index (χ3n) is 5.88. The molecule has 3 aromatic carbocycles.